The van der Waals surface area contributed by atoms with Crippen LogP contribution >= 0.6 is 0 Å². The number of rotatable bonds is 2. The Morgan fingerprint density at radius 1 is 1.06 bits per heavy atom. The minimum Gasteiger partial charge on any atom is -0.504 e. The summed E-state index contributed by atoms with van der Waals surface area (Å²) in [5.74, 6) is 1.41. The maximum absolute atomic E-state index is 14.3. The Morgan fingerprint density at radius 3 is 2.55 bits per heavy atom. The number of phenols is 1. The van der Waals surface area contributed by atoms with E-state index < -0.39 is 22.5 Å². The number of likely N-dealkylation sites (tertiary alicyclic amines) is 1. The van der Waals surface area contributed by atoms with Crippen molar-refractivity contribution in [1.82, 2.24) is 4.90 Å². The molecule has 6 aliphatic rings. The third kappa shape index (κ3) is 2.11. The fourth-order valence-corrected chi connectivity index (χ4v) is 8.52. The van der Waals surface area contributed by atoms with E-state index in [0.717, 1.165) is 36.6 Å². The average molecular weight is 444 g/mol. The Morgan fingerprint density at radius 2 is 1.82 bits per heavy atom. The van der Waals surface area contributed by atoms with Gasteiger partial charge in [-0.05, 0) is 80.2 Å². The molecule has 33 heavy (non-hydrogen) atoms. The lowest BCUT2D eigenvalue weighted by molar-refractivity contribution is -0.209. The van der Waals surface area contributed by atoms with Crippen LogP contribution in [-0.4, -0.2) is 51.7 Å². The van der Waals surface area contributed by atoms with Crippen LogP contribution in [0.2, 0.25) is 0 Å². The van der Waals surface area contributed by atoms with Crippen molar-refractivity contribution >= 4 is 5.78 Å². The zero-order valence-corrected chi connectivity index (χ0v) is 18.7. The third-order valence-corrected chi connectivity index (χ3v) is 10.1. The number of phenolic OH excluding ortho intramolecular Hbond substituents is 1. The summed E-state index contributed by atoms with van der Waals surface area (Å²) in [6.07, 6.45) is 5.12. The molecular formula is C28H29NO4. The molecule has 5 heteroatoms. The number of fused-ring (bicyclic) bond motifs is 1. The van der Waals surface area contributed by atoms with Crippen LogP contribution in [0.5, 0.6) is 11.5 Å². The molecule has 0 aromatic heterocycles. The van der Waals surface area contributed by atoms with Gasteiger partial charge in [0.05, 0.1) is 11.0 Å². The van der Waals surface area contributed by atoms with Gasteiger partial charge in [0.2, 0.25) is 0 Å². The van der Waals surface area contributed by atoms with E-state index in [2.05, 4.69) is 17.0 Å². The Labute approximate surface area is 193 Å². The van der Waals surface area contributed by atoms with Crippen LogP contribution in [0.25, 0.3) is 0 Å². The molecule has 5 nitrogen and oxygen atoms in total. The standard InChI is InChI=1S/C28H29NO4/c30-20-8-7-17-11-21-28(32)15-26(12-18-3-1-2-4-19(18)13-26)24(31)25-27(28,22(17)23(20)33-25)9-10-29(21)14-16-5-6-16/h1-4,7-8,16,21,25,30,32H,5-6,9-15H2/t21-,25+,27+,28-/m1/s1. The molecule has 8 rings (SSSR count). The number of ketones is 1. The van der Waals surface area contributed by atoms with Gasteiger partial charge in [0.1, 0.15) is 0 Å². The quantitative estimate of drug-likeness (QED) is 0.747. The number of aliphatic hydroxyl groups is 1. The summed E-state index contributed by atoms with van der Waals surface area (Å²) in [6.45, 7) is 1.91. The molecule has 0 unspecified atom stereocenters. The third-order valence-electron chi connectivity index (χ3n) is 10.1. The summed E-state index contributed by atoms with van der Waals surface area (Å²) in [6, 6.07) is 12.0. The molecule has 4 aliphatic carbocycles. The van der Waals surface area contributed by atoms with Crippen LogP contribution in [0.3, 0.4) is 0 Å². The Balaban J connectivity index is 1.33. The molecular weight excluding hydrogens is 414 g/mol. The number of aromatic hydroxyl groups is 1. The summed E-state index contributed by atoms with van der Waals surface area (Å²) in [5.41, 5.74) is 2.07. The highest BCUT2D eigenvalue weighted by Crippen LogP contribution is 2.68. The molecule has 2 aromatic rings. The van der Waals surface area contributed by atoms with Crippen molar-refractivity contribution < 1.29 is 19.7 Å². The van der Waals surface area contributed by atoms with Gasteiger partial charge in [0.25, 0.3) is 0 Å². The number of piperidine rings is 1. The van der Waals surface area contributed by atoms with Crippen molar-refractivity contribution in [3.05, 3.63) is 58.7 Å². The smallest absolute Gasteiger partial charge is 0.181 e. The topological polar surface area (TPSA) is 70.0 Å². The highest BCUT2D eigenvalue weighted by atomic mass is 16.5. The van der Waals surface area contributed by atoms with Gasteiger partial charge in [-0.25, -0.2) is 0 Å². The molecule has 0 radical (unpaired) electrons. The minimum atomic E-state index is -1.05. The zero-order chi connectivity index (χ0) is 22.2. The first-order valence-corrected chi connectivity index (χ1v) is 12.5. The Bertz CT molecular complexity index is 1210. The van der Waals surface area contributed by atoms with Crippen molar-refractivity contribution in [2.75, 3.05) is 13.1 Å². The number of hydrogen-bond acceptors (Lipinski definition) is 5. The van der Waals surface area contributed by atoms with Crippen molar-refractivity contribution in [3.63, 3.8) is 0 Å². The fraction of sp³-hybridized carbons (Fsp3) is 0.536. The zero-order valence-electron chi connectivity index (χ0n) is 18.7. The largest absolute Gasteiger partial charge is 0.504 e. The molecule has 2 N–H and O–H groups in total. The lowest BCUT2D eigenvalue weighted by atomic mass is 9.44. The molecule has 3 fully saturated rings. The maximum atomic E-state index is 14.3. The van der Waals surface area contributed by atoms with Crippen LogP contribution in [0, 0.1) is 11.3 Å². The molecule has 4 atom stereocenters. The van der Waals surface area contributed by atoms with E-state index in [1.807, 2.05) is 18.2 Å². The van der Waals surface area contributed by atoms with Crippen LogP contribution in [-0.2, 0) is 29.5 Å². The highest BCUT2D eigenvalue weighted by Gasteiger charge is 2.77. The van der Waals surface area contributed by atoms with E-state index in [9.17, 15) is 15.0 Å². The van der Waals surface area contributed by atoms with Crippen molar-refractivity contribution in [3.8, 4) is 11.5 Å². The van der Waals surface area contributed by atoms with E-state index >= 15 is 0 Å². The van der Waals surface area contributed by atoms with Crippen molar-refractivity contribution in [2.24, 2.45) is 11.3 Å². The predicted octanol–water partition coefficient (Wildman–Crippen LogP) is 2.92. The van der Waals surface area contributed by atoms with Gasteiger partial charge in [0.15, 0.2) is 23.4 Å². The predicted molar refractivity (Wildman–Crippen MR) is 121 cm³/mol. The fourth-order valence-electron chi connectivity index (χ4n) is 8.52. The number of Topliss-reactive ketones (excluding diaryl/α,β-unsaturated/α-hetero) is 1. The molecule has 2 spiro atoms. The van der Waals surface area contributed by atoms with Crippen LogP contribution < -0.4 is 4.74 Å². The molecule has 2 aromatic carbocycles. The highest BCUT2D eigenvalue weighted by molar-refractivity contribution is 5.96. The van der Waals surface area contributed by atoms with Gasteiger partial charge in [-0.2, -0.15) is 0 Å². The Hall–Kier alpha value is -2.37. The monoisotopic (exact) mass is 443 g/mol. The molecule has 0 amide bonds. The van der Waals surface area contributed by atoms with Crippen LogP contribution in [0.4, 0.5) is 0 Å². The lowest BCUT2D eigenvalue weighted by Gasteiger charge is -2.65. The van der Waals surface area contributed by atoms with Gasteiger partial charge in [-0.15, -0.1) is 0 Å². The number of benzene rings is 2. The van der Waals surface area contributed by atoms with Crippen molar-refractivity contribution in [2.45, 2.75) is 68.1 Å². The number of ether oxygens (including phenoxy) is 1. The van der Waals surface area contributed by atoms with Gasteiger partial charge in [0, 0.05) is 23.6 Å². The van der Waals surface area contributed by atoms with Crippen LogP contribution in [0.15, 0.2) is 36.4 Å². The summed E-state index contributed by atoms with van der Waals surface area (Å²) < 4.78 is 6.42. The van der Waals surface area contributed by atoms with E-state index in [4.69, 9.17) is 4.74 Å². The van der Waals surface area contributed by atoms with E-state index in [0.29, 0.717) is 31.4 Å². The van der Waals surface area contributed by atoms with E-state index in [1.54, 1.807) is 6.07 Å². The molecule has 170 valence electrons. The van der Waals surface area contributed by atoms with Crippen LogP contribution in [0.1, 0.15) is 47.9 Å². The second-order valence-corrected chi connectivity index (χ2v) is 11.7. The molecule has 2 aliphatic heterocycles. The van der Waals surface area contributed by atoms with Gasteiger partial charge in [-0.1, -0.05) is 30.3 Å². The summed E-state index contributed by atoms with van der Waals surface area (Å²) in [5, 5.41) is 23.6. The second kappa shape index (κ2) is 5.81. The maximum Gasteiger partial charge on any atom is 0.181 e. The average Bonchev–Trinajstić information content (AvgIpc) is 3.42. The second-order valence-electron chi connectivity index (χ2n) is 11.7. The Kier molecular flexibility index (Phi) is 3.35. The van der Waals surface area contributed by atoms with E-state index in [1.165, 1.54) is 24.0 Å². The first-order chi connectivity index (χ1) is 16.0. The lowest BCUT2D eigenvalue weighted by Crippen LogP contribution is -2.79. The number of nitrogens with zero attached hydrogens (tertiary/aromatic N) is 1. The number of carbonyl (C=O) groups is 1. The number of carbonyl (C=O) groups excluding carboxylic acids is 1. The molecule has 1 saturated heterocycles. The normalized spacial score (nSPS) is 37.1. The minimum absolute atomic E-state index is 0.0189. The summed E-state index contributed by atoms with van der Waals surface area (Å²) in [4.78, 5) is 16.9. The SMILES string of the molecule is O=C1[C@@H]2Oc3c(O)ccc4c3[C@@]23CCN(CC2CC2)[C@H](C4)[C@]3(O)CC12Cc1ccccc1C2. The number of hydrogen-bond donors (Lipinski definition) is 2. The van der Waals surface area contributed by atoms with Crippen molar-refractivity contribution in [1.29, 1.82) is 0 Å². The molecule has 2 bridgehead atoms. The van der Waals surface area contributed by atoms with Gasteiger partial charge in [-0.3, -0.25) is 9.69 Å². The van der Waals surface area contributed by atoms with Gasteiger partial charge >= 0.3 is 0 Å². The first kappa shape index (κ1) is 19.0. The summed E-state index contributed by atoms with van der Waals surface area (Å²) in [7, 11) is 0. The summed E-state index contributed by atoms with van der Waals surface area (Å²) >= 11 is 0. The van der Waals surface area contributed by atoms with Gasteiger partial charge < -0.3 is 14.9 Å². The van der Waals surface area contributed by atoms with E-state index in [-0.39, 0.29) is 17.6 Å². The molecule has 2 saturated carbocycles. The molecule has 2 heterocycles. The first-order valence-electron chi connectivity index (χ1n) is 12.5.